The zero-order chi connectivity index (χ0) is 17.6. The molecule has 1 fully saturated rings. The van der Waals surface area contributed by atoms with Crippen LogP contribution in [0.1, 0.15) is 35.9 Å². The van der Waals surface area contributed by atoms with Crippen LogP contribution in [0.5, 0.6) is 11.5 Å². The Morgan fingerprint density at radius 1 is 1.08 bits per heavy atom. The molecule has 0 aliphatic carbocycles. The summed E-state index contributed by atoms with van der Waals surface area (Å²) in [5, 5.41) is 5.69. The molecule has 0 radical (unpaired) electrons. The van der Waals surface area contributed by atoms with E-state index in [4.69, 9.17) is 9.47 Å². The molecule has 0 saturated carbocycles. The number of benzene rings is 1. The first-order chi connectivity index (χ1) is 12.2. The van der Waals surface area contributed by atoms with Crippen molar-refractivity contribution in [3.8, 4) is 11.5 Å². The third-order valence-corrected chi connectivity index (χ3v) is 5.52. The van der Waals surface area contributed by atoms with Crippen LogP contribution in [-0.2, 0) is 0 Å². The van der Waals surface area contributed by atoms with Crippen molar-refractivity contribution in [3.05, 3.63) is 45.6 Å². The van der Waals surface area contributed by atoms with Crippen LogP contribution < -0.4 is 14.8 Å². The van der Waals surface area contributed by atoms with E-state index >= 15 is 0 Å². The van der Waals surface area contributed by atoms with Crippen molar-refractivity contribution >= 4 is 11.3 Å². The highest BCUT2D eigenvalue weighted by atomic mass is 32.1. The van der Waals surface area contributed by atoms with Gasteiger partial charge in [-0.1, -0.05) is 6.07 Å². The summed E-state index contributed by atoms with van der Waals surface area (Å²) in [6.07, 6.45) is 0. The molecule has 5 heteroatoms. The molecule has 1 atom stereocenters. The van der Waals surface area contributed by atoms with Gasteiger partial charge in [0.15, 0.2) is 11.5 Å². The quantitative estimate of drug-likeness (QED) is 0.813. The predicted octanol–water partition coefficient (Wildman–Crippen LogP) is 3.85. The fraction of sp³-hybridized carbons (Fsp3) is 0.500. The molecule has 1 aliphatic heterocycles. The lowest BCUT2D eigenvalue weighted by Gasteiger charge is -2.35. The largest absolute Gasteiger partial charge is 0.490 e. The highest BCUT2D eigenvalue weighted by Crippen LogP contribution is 2.37. The van der Waals surface area contributed by atoms with Crippen molar-refractivity contribution in [2.24, 2.45) is 0 Å². The molecule has 25 heavy (non-hydrogen) atoms. The number of rotatable bonds is 7. The van der Waals surface area contributed by atoms with E-state index < -0.39 is 0 Å². The maximum Gasteiger partial charge on any atom is 0.161 e. The SMILES string of the molecule is CCOc1ccc(C(c2cc(C)cs2)N2CCNCC2)cc1OCC. The Morgan fingerprint density at radius 2 is 1.80 bits per heavy atom. The number of hydrogen-bond donors (Lipinski definition) is 1. The molecule has 2 aromatic rings. The number of ether oxygens (including phenoxy) is 2. The molecule has 1 aliphatic rings. The summed E-state index contributed by atoms with van der Waals surface area (Å²) in [6, 6.07) is 9.00. The van der Waals surface area contributed by atoms with Gasteiger partial charge in [-0.2, -0.15) is 0 Å². The highest BCUT2D eigenvalue weighted by molar-refractivity contribution is 7.10. The minimum Gasteiger partial charge on any atom is -0.490 e. The first-order valence-corrected chi connectivity index (χ1v) is 10.00. The summed E-state index contributed by atoms with van der Waals surface area (Å²) >= 11 is 1.85. The smallest absolute Gasteiger partial charge is 0.161 e. The second kappa shape index (κ2) is 8.70. The number of aryl methyl sites for hydroxylation is 1. The third kappa shape index (κ3) is 4.35. The Morgan fingerprint density at radius 3 is 2.44 bits per heavy atom. The van der Waals surface area contributed by atoms with Crippen molar-refractivity contribution in [3.63, 3.8) is 0 Å². The number of hydrogen-bond acceptors (Lipinski definition) is 5. The molecule has 1 saturated heterocycles. The molecular formula is C20H28N2O2S. The lowest BCUT2D eigenvalue weighted by Crippen LogP contribution is -2.45. The Balaban J connectivity index is 1.98. The van der Waals surface area contributed by atoms with Crippen LogP contribution in [-0.4, -0.2) is 44.3 Å². The minimum absolute atomic E-state index is 0.274. The van der Waals surface area contributed by atoms with Gasteiger partial charge in [0, 0.05) is 31.1 Å². The Hall–Kier alpha value is -1.56. The number of thiophene rings is 1. The molecule has 4 nitrogen and oxygen atoms in total. The van der Waals surface area contributed by atoms with Crippen molar-refractivity contribution in [1.82, 2.24) is 10.2 Å². The van der Waals surface area contributed by atoms with E-state index in [2.05, 4.69) is 46.8 Å². The van der Waals surface area contributed by atoms with Gasteiger partial charge < -0.3 is 14.8 Å². The van der Waals surface area contributed by atoms with Crippen LogP contribution in [0, 0.1) is 6.92 Å². The van der Waals surface area contributed by atoms with E-state index in [-0.39, 0.29) is 6.04 Å². The summed E-state index contributed by atoms with van der Waals surface area (Å²) in [7, 11) is 0. The van der Waals surface area contributed by atoms with Crippen LogP contribution in [0.2, 0.25) is 0 Å². The molecule has 1 aromatic carbocycles. The van der Waals surface area contributed by atoms with Gasteiger partial charge in [-0.15, -0.1) is 11.3 Å². The number of nitrogens with zero attached hydrogens (tertiary/aromatic N) is 1. The summed E-state index contributed by atoms with van der Waals surface area (Å²) in [5.41, 5.74) is 2.60. The molecule has 0 spiro atoms. The molecule has 136 valence electrons. The maximum absolute atomic E-state index is 5.86. The fourth-order valence-corrected chi connectivity index (χ4v) is 4.39. The molecule has 0 bridgehead atoms. The monoisotopic (exact) mass is 360 g/mol. The highest BCUT2D eigenvalue weighted by Gasteiger charge is 2.26. The average Bonchev–Trinajstić information content (AvgIpc) is 3.05. The van der Waals surface area contributed by atoms with Gasteiger partial charge in [0.1, 0.15) is 0 Å². The number of nitrogens with one attached hydrogen (secondary N) is 1. The van der Waals surface area contributed by atoms with Crippen molar-refractivity contribution in [1.29, 1.82) is 0 Å². The summed E-state index contributed by atoms with van der Waals surface area (Å²) in [4.78, 5) is 3.96. The number of piperazine rings is 1. The molecule has 0 amide bonds. The Kier molecular flexibility index (Phi) is 6.34. The first kappa shape index (κ1) is 18.2. The van der Waals surface area contributed by atoms with E-state index in [0.717, 1.165) is 37.7 Å². The Labute approximate surface area is 154 Å². The topological polar surface area (TPSA) is 33.7 Å². The first-order valence-electron chi connectivity index (χ1n) is 9.12. The second-order valence-electron chi connectivity index (χ2n) is 6.29. The summed E-state index contributed by atoms with van der Waals surface area (Å²) < 4.78 is 11.6. The van der Waals surface area contributed by atoms with Crippen LogP contribution in [0.25, 0.3) is 0 Å². The van der Waals surface area contributed by atoms with E-state index in [1.54, 1.807) is 0 Å². The zero-order valence-electron chi connectivity index (χ0n) is 15.4. The zero-order valence-corrected chi connectivity index (χ0v) is 16.2. The van der Waals surface area contributed by atoms with Gasteiger partial charge in [-0.3, -0.25) is 4.90 Å². The van der Waals surface area contributed by atoms with Gasteiger partial charge >= 0.3 is 0 Å². The van der Waals surface area contributed by atoms with Crippen LogP contribution in [0.4, 0.5) is 0 Å². The average molecular weight is 361 g/mol. The van der Waals surface area contributed by atoms with Crippen molar-refractivity contribution < 1.29 is 9.47 Å². The summed E-state index contributed by atoms with van der Waals surface area (Å²) in [5.74, 6) is 1.67. The minimum atomic E-state index is 0.274. The van der Waals surface area contributed by atoms with Gasteiger partial charge in [0.2, 0.25) is 0 Å². The lowest BCUT2D eigenvalue weighted by atomic mass is 10.0. The molecule has 1 unspecified atom stereocenters. The van der Waals surface area contributed by atoms with E-state index in [1.165, 1.54) is 16.0 Å². The van der Waals surface area contributed by atoms with Gasteiger partial charge in [0.25, 0.3) is 0 Å². The summed E-state index contributed by atoms with van der Waals surface area (Å²) in [6.45, 7) is 11.6. The normalized spacial score (nSPS) is 16.6. The maximum atomic E-state index is 5.86. The van der Waals surface area contributed by atoms with Crippen LogP contribution >= 0.6 is 11.3 Å². The molecular weight excluding hydrogens is 332 g/mol. The van der Waals surface area contributed by atoms with Gasteiger partial charge in [-0.25, -0.2) is 0 Å². The standard InChI is InChI=1S/C20H28N2O2S/c1-4-23-17-7-6-16(13-18(17)24-5-2)20(19-12-15(3)14-25-19)22-10-8-21-9-11-22/h6-7,12-14,20-21H,4-5,8-11H2,1-3H3. The molecule has 2 heterocycles. The molecule has 1 N–H and O–H groups in total. The van der Waals surface area contributed by atoms with Crippen LogP contribution in [0.3, 0.4) is 0 Å². The molecule has 3 rings (SSSR count). The van der Waals surface area contributed by atoms with E-state index in [0.29, 0.717) is 13.2 Å². The van der Waals surface area contributed by atoms with E-state index in [9.17, 15) is 0 Å². The Bertz CT molecular complexity index is 680. The predicted molar refractivity (Wildman–Crippen MR) is 104 cm³/mol. The van der Waals surface area contributed by atoms with Gasteiger partial charge in [0.05, 0.1) is 19.3 Å². The van der Waals surface area contributed by atoms with Gasteiger partial charge in [-0.05, 0) is 55.5 Å². The second-order valence-corrected chi connectivity index (χ2v) is 7.23. The molecule has 1 aromatic heterocycles. The van der Waals surface area contributed by atoms with Crippen molar-refractivity contribution in [2.75, 3.05) is 39.4 Å². The van der Waals surface area contributed by atoms with E-state index in [1.807, 2.05) is 25.2 Å². The van der Waals surface area contributed by atoms with Crippen molar-refractivity contribution in [2.45, 2.75) is 26.8 Å². The van der Waals surface area contributed by atoms with Crippen LogP contribution in [0.15, 0.2) is 29.6 Å². The third-order valence-electron chi connectivity index (χ3n) is 4.42. The fourth-order valence-electron chi connectivity index (χ4n) is 3.33. The lowest BCUT2D eigenvalue weighted by molar-refractivity contribution is 0.200.